The summed E-state index contributed by atoms with van der Waals surface area (Å²) >= 11 is 1.51. The molecule has 0 fully saturated rings. The number of aryl methyl sites for hydroxylation is 1. The molecule has 0 aliphatic heterocycles. The van der Waals surface area contributed by atoms with E-state index in [9.17, 15) is 0 Å². The van der Waals surface area contributed by atoms with Crippen LogP contribution in [0.15, 0.2) is 65.1 Å². The molecule has 0 saturated heterocycles. The Bertz CT molecular complexity index is 1000. The van der Waals surface area contributed by atoms with Crippen LogP contribution in [0.5, 0.6) is 0 Å². The minimum absolute atomic E-state index is 0.740. The molecule has 0 aliphatic carbocycles. The second-order valence-corrected chi connectivity index (χ2v) is 6.16. The molecule has 2 aromatic carbocycles. The first-order valence-electron chi connectivity index (χ1n) is 7.53. The highest BCUT2D eigenvalue weighted by Crippen LogP contribution is 2.26. The number of anilines is 1. The van der Waals surface area contributed by atoms with Crippen molar-refractivity contribution in [3.63, 3.8) is 0 Å². The van der Waals surface area contributed by atoms with Crippen molar-refractivity contribution < 1.29 is 0 Å². The monoisotopic (exact) mass is 333 g/mol. The van der Waals surface area contributed by atoms with Crippen LogP contribution in [0, 0.1) is 0 Å². The zero-order valence-corrected chi connectivity index (χ0v) is 13.9. The van der Waals surface area contributed by atoms with E-state index in [1.54, 1.807) is 6.21 Å². The third-order valence-electron chi connectivity index (χ3n) is 3.69. The number of thiazole rings is 1. The van der Waals surface area contributed by atoms with Gasteiger partial charge in [-0.25, -0.2) is 9.97 Å². The first-order valence-corrected chi connectivity index (χ1v) is 8.41. The Morgan fingerprint density at radius 2 is 1.83 bits per heavy atom. The fraction of sp³-hybridized carbons (Fsp3) is 0.0556. The topological polar surface area (TPSA) is 55.1 Å². The van der Waals surface area contributed by atoms with E-state index in [4.69, 9.17) is 0 Å². The van der Waals surface area contributed by atoms with Crippen molar-refractivity contribution in [2.75, 3.05) is 5.43 Å². The number of aromatic nitrogens is 3. The number of nitrogens with zero attached hydrogens (tertiary/aromatic N) is 4. The van der Waals surface area contributed by atoms with E-state index in [-0.39, 0.29) is 0 Å². The van der Waals surface area contributed by atoms with Crippen molar-refractivity contribution in [1.29, 1.82) is 0 Å². The Balaban J connectivity index is 1.56. The van der Waals surface area contributed by atoms with E-state index in [1.165, 1.54) is 11.3 Å². The Morgan fingerprint density at radius 1 is 1.04 bits per heavy atom. The highest BCUT2D eigenvalue weighted by molar-refractivity contribution is 7.14. The first kappa shape index (κ1) is 14.6. The van der Waals surface area contributed by atoms with E-state index >= 15 is 0 Å². The molecule has 2 aromatic heterocycles. The quantitative estimate of drug-likeness (QED) is 0.451. The molecule has 118 valence electrons. The lowest BCUT2D eigenvalue weighted by Gasteiger charge is -1.98. The molecule has 2 heterocycles. The van der Waals surface area contributed by atoms with Gasteiger partial charge in [-0.05, 0) is 17.7 Å². The lowest BCUT2D eigenvalue weighted by molar-refractivity contribution is 0.953. The van der Waals surface area contributed by atoms with Gasteiger partial charge in [-0.15, -0.1) is 11.3 Å². The molecule has 4 rings (SSSR count). The maximum atomic E-state index is 4.66. The Hall–Kier alpha value is -2.99. The summed E-state index contributed by atoms with van der Waals surface area (Å²) in [7, 11) is 2.00. The van der Waals surface area contributed by atoms with Crippen LogP contribution in [-0.2, 0) is 7.05 Å². The number of benzene rings is 2. The van der Waals surface area contributed by atoms with E-state index in [1.807, 2.05) is 61.0 Å². The molecule has 0 spiro atoms. The van der Waals surface area contributed by atoms with Gasteiger partial charge in [0.05, 0.1) is 17.2 Å². The number of imidazole rings is 1. The van der Waals surface area contributed by atoms with Gasteiger partial charge >= 0.3 is 0 Å². The van der Waals surface area contributed by atoms with Crippen molar-refractivity contribution in [1.82, 2.24) is 14.5 Å². The van der Waals surface area contributed by atoms with E-state index in [0.717, 1.165) is 33.2 Å². The zero-order valence-electron chi connectivity index (χ0n) is 13.0. The number of para-hydroxylation sites is 2. The van der Waals surface area contributed by atoms with Gasteiger partial charge in [-0.2, -0.15) is 5.10 Å². The molecular formula is C18H15N5S. The van der Waals surface area contributed by atoms with Crippen LogP contribution < -0.4 is 5.43 Å². The molecule has 0 aliphatic rings. The minimum atomic E-state index is 0.740. The van der Waals surface area contributed by atoms with E-state index in [2.05, 4.69) is 31.1 Å². The van der Waals surface area contributed by atoms with Crippen LogP contribution >= 0.6 is 11.3 Å². The molecule has 0 radical (unpaired) electrons. The number of hydrogen-bond acceptors (Lipinski definition) is 5. The van der Waals surface area contributed by atoms with Crippen molar-refractivity contribution in [2.45, 2.75) is 0 Å². The summed E-state index contributed by atoms with van der Waals surface area (Å²) in [5.41, 5.74) is 6.93. The van der Waals surface area contributed by atoms with Crippen LogP contribution in [-0.4, -0.2) is 20.7 Å². The van der Waals surface area contributed by atoms with Gasteiger partial charge in [0.2, 0.25) is 5.13 Å². The highest BCUT2D eigenvalue weighted by atomic mass is 32.1. The van der Waals surface area contributed by atoms with Crippen LogP contribution in [0.25, 0.3) is 22.6 Å². The summed E-state index contributed by atoms with van der Waals surface area (Å²) in [5.74, 6) is 0.854. The van der Waals surface area contributed by atoms with E-state index < -0.39 is 0 Å². The molecule has 0 saturated carbocycles. The van der Waals surface area contributed by atoms with E-state index in [0.29, 0.717) is 0 Å². The smallest absolute Gasteiger partial charge is 0.203 e. The second kappa shape index (κ2) is 6.25. The fourth-order valence-corrected chi connectivity index (χ4v) is 3.14. The van der Waals surface area contributed by atoms with Crippen LogP contribution in [0.1, 0.15) is 5.56 Å². The number of rotatable bonds is 4. The Kier molecular flexibility index (Phi) is 3.80. The number of nitrogens with one attached hydrogen (secondary N) is 1. The largest absolute Gasteiger partial charge is 0.326 e. The van der Waals surface area contributed by atoms with Gasteiger partial charge < -0.3 is 4.57 Å². The van der Waals surface area contributed by atoms with Crippen molar-refractivity contribution in [3.05, 3.63) is 65.5 Å². The van der Waals surface area contributed by atoms with Gasteiger partial charge in [0.1, 0.15) is 5.69 Å². The number of hydrazone groups is 1. The lowest BCUT2D eigenvalue weighted by atomic mass is 10.2. The molecule has 5 nitrogen and oxygen atoms in total. The summed E-state index contributed by atoms with van der Waals surface area (Å²) in [6, 6.07) is 18.0. The third kappa shape index (κ3) is 2.79. The summed E-state index contributed by atoms with van der Waals surface area (Å²) in [6.07, 6.45) is 1.77. The maximum absolute atomic E-state index is 4.66. The summed E-state index contributed by atoms with van der Waals surface area (Å²) in [6.45, 7) is 0. The standard InChI is InChI=1S/C18H15N5S/c1-23-16-10-6-5-9-14(16)20-17(23)15-12-24-18(21-15)22-19-11-13-7-3-2-4-8-13/h2-12H,1H3,(H,21,22)/b19-11-. The normalized spacial score (nSPS) is 11.4. The molecule has 24 heavy (non-hydrogen) atoms. The fourth-order valence-electron chi connectivity index (χ4n) is 2.50. The van der Waals surface area contributed by atoms with Crippen LogP contribution in [0.4, 0.5) is 5.13 Å². The van der Waals surface area contributed by atoms with Gasteiger partial charge in [-0.1, -0.05) is 42.5 Å². The predicted molar refractivity (Wildman–Crippen MR) is 99.5 cm³/mol. The van der Waals surface area contributed by atoms with Gasteiger partial charge in [0.15, 0.2) is 5.82 Å². The lowest BCUT2D eigenvalue weighted by Crippen LogP contribution is -1.94. The Labute approximate surface area is 143 Å². The second-order valence-electron chi connectivity index (χ2n) is 5.30. The molecule has 4 aromatic rings. The van der Waals surface area contributed by atoms with Gasteiger partial charge in [0.25, 0.3) is 0 Å². The molecular weight excluding hydrogens is 318 g/mol. The first-order chi connectivity index (χ1) is 11.8. The number of fused-ring (bicyclic) bond motifs is 1. The molecule has 0 bridgehead atoms. The van der Waals surface area contributed by atoms with Crippen molar-refractivity contribution >= 4 is 33.7 Å². The highest BCUT2D eigenvalue weighted by Gasteiger charge is 2.12. The molecule has 0 amide bonds. The van der Waals surface area contributed by atoms with Gasteiger partial charge in [-0.3, -0.25) is 5.43 Å². The molecule has 0 unspecified atom stereocenters. The van der Waals surface area contributed by atoms with Gasteiger partial charge in [0, 0.05) is 12.4 Å². The molecule has 1 N–H and O–H groups in total. The van der Waals surface area contributed by atoms with Crippen LogP contribution in [0.2, 0.25) is 0 Å². The summed E-state index contributed by atoms with van der Waals surface area (Å²) in [5, 5.41) is 6.96. The zero-order chi connectivity index (χ0) is 16.4. The third-order valence-corrected chi connectivity index (χ3v) is 4.44. The summed E-state index contributed by atoms with van der Waals surface area (Å²) < 4.78 is 2.06. The molecule has 0 atom stereocenters. The SMILES string of the molecule is Cn1c(-c2csc(N/N=C\c3ccccc3)n2)nc2ccccc21. The average Bonchev–Trinajstić information content (AvgIpc) is 3.21. The molecule has 6 heteroatoms. The van der Waals surface area contributed by atoms with Crippen molar-refractivity contribution in [2.24, 2.45) is 12.1 Å². The van der Waals surface area contributed by atoms with Crippen LogP contribution in [0.3, 0.4) is 0 Å². The minimum Gasteiger partial charge on any atom is -0.326 e. The Morgan fingerprint density at radius 3 is 2.67 bits per heavy atom. The maximum Gasteiger partial charge on any atom is 0.203 e. The average molecular weight is 333 g/mol. The number of hydrogen-bond donors (Lipinski definition) is 1. The predicted octanol–water partition coefficient (Wildman–Crippen LogP) is 4.14. The summed E-state index contributed by atoms with van der Waals surface area (Å²) in [4.78, 5) is 9.24. The van der Waals surface area contributed by atoms with Crippen molar-refractivity contribution in [3.8, 4) is 11.5 Å².